The second-order valence-electron chi connectivity index (χ2n) is 7.84. The van der Waals surface area contributed by atoms with Gasteiger partial charge in [0, 0.05) is 24.9 Å². The maximum atomic E-state index is 14.1. The van der Waals surface area contributed by atoms with Gasteiger partial charge in [-0.3, -0.25) is 14.3 Å². The minimum atomic E-state index is -3.61. The summed E-state index contributed by atoms with van der Waals surface area (Å²) in [5.41, 5.74) is -0.497. The number of aromatic nitrogens is 2. The Balaban J connectivity index is 1.47. The van der Waals surface area contributed by atoms with Gasteiger partial charge in [-0.1, -0.05) is 6.07 Å². The van der Waals surface area contributed by atoms with Crippen LogP contribution in [0.5, 0.6) is 5.75 Å². The SMILES string of the molecule is CC(NS(=O)(=O)CCCOCn1ccc(=O)[nH]c1=O)c1ccc(F)c(OC2CCCC2)c1. The zero-order valence-electron chi connectivity index (χ0n) is 17.9. The number of sulfonamides is 1. The second kappa shape index (κ2) is 10.9. The third-order valence-electron chi connectivity index (χ3n) is 5.24. The summed E-state index contributed by atoms with van der Waals surface area (Å²) >= 11 is 0. The summed E-state index contributed by atoms with van der Waals surface area (Å²) < 4.78 is 53.7. The Kier molecular flexibility index (Phi) is 8.21. The summed E-state index contributed by atoms with van der Waals surface area (Å²) in [6.45, 7) is 1.69. The quantitative estimate of drug-likeness (QED) is 0.486. The Hall–Kier alpha value is -2.50. The molecule has 32 heavy (non-hydrogen) atoms. The van der Waals surface area contributed by atoms with Crippen molar-refractivity contribution in [3.8, 4) is 5.75 Å². The molecule has 11 heteroatoms. The Labute approximate surface area is 185 Å². The molecular weight excluding hydrogens is 441 g/mol. The summed E-state index contributed by atoms with van der Waals surface area (Å²) in [7, 11) is -3.61. The van der Waals surface area contributed by atoms with E-state index in [1.165, 1.54) is 24.4 Å². The minimum absolute atomic E-state index is 0.00117. The van der Waals surface area contributed by atoms with Crippen LogP contribution in [0.4, 0.5) is 4.39 Å². The van der Waals surface area contributed by atoms with E-state index in [1.54, 1.807) is 13.0 Å². The highest BCUT2D eigenvalue weighted by molar-refractivity contribution is 7.89. The summed E-state index contributed by atoms with van der Waals surface area (Å²) in [6, 6.07) is 5.00. The van der Waals surface area contributed by atoms with Gasteiger partial charge in [-0.05, 0) is 56.7 Å². The number of hydrogen-bond donors (Lipinski definition) is 2. The molecule has 1 fully saturated rings. The molecule has 0 radical (unpaired) electrons. The van der Waals surface area contributed by atoms with E-state index in [9.17, 15) is 22.4 Å². The largest absolute Gasteiger partial charge is 0.487 e. The van der Waals surface area contributed by atoms with E-state index in [-0.39, 0.29) is 37.4 Å². The van der Waals surface area contributed by atoms with Gasteiger partial charge in [-0.25, -0.2) is 22.3 Å². The molecule has 2 N–H and O–H groups in total. The predicted octanol–water partition coefficient (Wildman–Crippen LogP) is 2.04. The number of H-pyrrole nitrogens is 1. The molecule has 1 aromatic heterocycles. The molecule has 0 amide bonds. The highest BCUT2D eigenvalue weighted by Crippen LogP contribution is 2.28. The molecule has 1 aliphatic rings. The molecule has 0 spiro atoms. The first-order chi connectivity index (χ1) is 15.2. The van der Waals surface area contributed by atoms with Crippen LogP contribution in [0.1, 0.15) is 50.6 Å². The van der Waals surface area contributed by atoms with E-state index in [0.717, 1.165) is 30.3 Å². The molecule has 1 saturated carbocycles. The zero-order valence-corrected chi connectivity index (χ0v) is 18.7. The Morgan fingerprint density at radius 3 is 2.72 bits per heavy atom. The lowest BCUT2D eigenvalue weighted by molar-refractivity contribution is 0.0744. The smallest absolute Gasteiger partial charge is 0.330 e. The van der Waals surface area contributed by atoms with Gasteiger partial charge >= 0.3 is 5.69 Å². The van der Waals surface area contributed by atoms with Crippen LogP contribution in [-0.4, -0.2) is 36.4 Å². The first-order valence-corrected chi connectivity index (χ1v) is 12.2. The molecule has 0 bridgehead atoms. The van der Waals surface area contributed by atoms with E-state index >= 15 is 0 Å². The molecule has 1 heterocycles. The van der Waals surface area contributed by atoms with Gasteiger partial charge in [0.25, 0.3) is 5.56 Å². The molecule has 1 unspecified atom stereocenters. The van der Waals surface area contributed by atoms with Crippen LogP contribution in [0.2, 0.25) is 0 Å². The Morgan fingerprint density at radius 2 is 2.00 bits per heavy atom. The normalized spacial score (nSPS) is 15.7. The van der Waals surface area contributed by atoms with Gasteiger partial charge in [0.1, 0.15) is 6.73 Å². The maximum absolute atomic E-state index is 14.1. The van der Waals surface area contributed by atoms with E-state index in [2.05, 4.69) is 9.71 Å². The lowest BCUT2D eigenvalue weighted by atomic mass is 10.1. The molecule has 2 aromatic rings. The van der Waals surface area contributed by atoms with Crippen molar-refractivity contribution in [1.82, 2.24) is 14.3 Å². The van der Waals surface area contributed by atoms with Crippen molar-refractivity contribution in [2.45, 2.75) is 57.9 Å². The van der Waals surface area contributed by atoms with Gasteiger partial charge in [-0.15, -0.1) is 0 Å². The highest BCUT2D eigenvalue weighted by Gasteiger charge is 2.20. The zero-order chi connectivity index (χ0) is 23.1. The summed E-state index contributed by atoms with van der Waals surface area (Å²) in [4.78, 5) is 24.7. The van der Waals surface area contributed by atoms with Crippen molar-refractivity contribution in [2.24, 2.45) is 0 Å². The van der Waals surface area contributed by atoms with Crippen molar-refractivity contribution in [2.75, 3.05) is 12.4 Å². The molecule has 176 valence electrons. The average Bonchev–Trinajstić information content (AvgIpc) is 3.23. The number of nitrogens with one attached hydrogen (secondary N) is 2. The van der Waals surface area contributed by atoms with Crippen LogP contribution in [0.15, 0.2) is 40.1 Å². The fourth-order valence-electron chi connectivity index (χ4n) is 3.52. The van der Waals surface area contributed by atoms with Gasteiger partial charge in [0.15, 0.2) is 11.6 Å². The molecule has 1 aromatic carbocycles. The van der Waals surface area contributed by atoms with Crippen LogP contribution < -0.4 is 20.7 Å². The van der Waals surface area contributed by atoms with Crippen molar-refractivity contribution >= 4 is 10.0 Å². The number of ether oxygens (including phenoxy) is 2. The van der Waals surface area contributed by atoms with Crippen LogP contribution in [0, 0.1) is 5.82 Å². The first kappa shape index (κ1) is 24.1. The molecule has 0 saturated heterocycles. The topological polar surface area (TPSA) is 119 Å². The van der Waals surface area contributed by atoms with Gasteiger partial charge in [0.05, 0.1) is 11.9 Å². The summed E-state index contributed by atoms with van der Waals surface area (Å²) in [6.07, 6.45) is 5.42. The standard InChI is InChI=1S/C21H28FN3O6S/c1-15(16-7-8-18(22)19(13-16)31-17-5-2-3-6-17)24-32(28,29)12-4-11-30-14-25-10-9-20(26)23-21(25)27/h7-10,13,15,17,24H,2-6,11-12,14H2,1H3,(H,23,26,27). The second-order valence-corrected chi connectivity index (χ2v) is 9.72. The molecule has 1 atom stereocenters. The third-order valence-corrected chi connectivity index (χ3v) is 6.78. The molecule has 3 rings (SSSR count). The first-order valence-electron chi connectivity index (χ1n) is 10.6. The Bertz CT molecular complexity index is 1120. The molecule has 9 nitrogen and oxygen atoms in total. The lowest BCUT2D eigenvalue weighted by Crippen LogP contribution is -2.30. The van der Waals surface area contributed by atoms with Crippen LogP contribution >= 0.6 is 0 Å². The van der Waals surface area contributed by atoms with Crippen molar-refractivity contribution in [3.05, 3.63) is 62.7 Å². The molecular formula is C21H28FN3O6S. The summed E-state index contributed by atoms with van der Waals surface area (Å²) in [5.74, 6) is -0.495. The fraction of sp³-hybridized carbons (Fsp3) is 0.524. The van der Waals surface area contributed by atoms with Gasteiger partial charge in [0.2, 0.25) is 10.0 Å². The maximum Gasteiger partial charge on any atom is 0.330 e. The minimum Gasteiger partial charge on any atom is -0.487 e. The average molecular weight is 470 g/mol. The summed E-state index contributed by atoms with van der Waals surface area (Å²) in [5, 5.41) is 0. The van der Waals surface area contributed by atoms with Crippen molar-refractivity contribution in [1.29, 1.82) is 0 Å². The molecule has 0 aliphatic heterocycles. The number of nitrogens with zero attached hydrogens (tertiary/aromatic N) is 1. The van der Waals surface area contributed by atoms with Crippen LogP contribution in [0.3, 0.4) is 0 Å². The monoisotopic (exact) mass is 469 g/mol. The number of hydrogen-bond acceptors (Lipinski definition) is 6. The third kappa shape index (κ3) is 7.01. The van der Waals surface area contributed by atoms with Crippen LogP contribution in [-0.2, 0) is 21.5 Å². The lowest BCUT2D eigenvalue weighted by Gasteiger charge is -2.18. The van der Waals surface area contributed by atoms with Crippen LogP contribution in [0.25, 0.3) is 0 Å². The van der Waals surface area contributed by atoms with E-state index in [1.807, 2.05) is 0 Å². The fourth-order valence-corrected chi connectivity index (χ4v) is 4.81. The van der Waals surface area contributed by atoms with Crippen molar-refractivity contribution < 1.29 is 22.3 Å². The van der Waals surface area contributed by atoms with E-state index < -0.39 is 33.1 Å². The molecule has 1 aliphatic carbocycles. The van der Waals surface area contributed by atoms with E-state index in [4.69, 9.17) is 9.47 Å². The number of rotatable bonds is 11. The van der Waals surface area contributed by atoms with Crippen molar-refractivity contribution in [3.63, 3.8) is 0 Å². The number of halogens is 1. The van der Waals surface area contributed by atoms with Gasteiger partial charge < -0.3 is 9.47 Å². The number of benzene rings is 1. The van der Waals surface area contributed by atoms with E-state index in [0.29, 0.717) is 5.56 Å². The predicted molar refractivity (Wildman–Crippen MR) is 117 cm³/mol. The highest BCUT2D eigenvalue weighted by atomic mass is 32.2. The van der Waals surface area contributed by atoms with Gasteiger partial charge in [-0.2, -0.15) is 0 Å². The number of aromatic amines is 1. The Morgan fingerprint density at radius 1 is 1.25 bits per heavy atom.